The summed E-state index contributed by atoms with van der Waals surface area (Å²) in [6.07, 6.45) is 2.55. The number of hydrogen-bond acceptors (Lipinski definition) is 2. The standard InChI is InChI=1S/C14H21NO/c1-11-7-8-15(12(2)9-11)10-13-5-3-4-6-14(13)16/h3-6,11-12,16H,7-10H2,1-2H3. The zero-order chi connectivity index (χ0) is 11.5. The predicted molar refractivity (Wildman–Crippen MR) is 66.4 cm³/mol. The SMILES string of the molecule is CC1CCN(Cc2ccccc2O)C(C)C1. The number of piperidine rings is 1. The Labute approximate surface area is 97.9 Å². The summed E-state index contributed by atoms with van der Waals surface area (Å²) in [5, 5.41) is 9.75. The van der Waals surface area contributed by atoms with Gasteiger partial charge in [-0.15, -0.1) is 0 Å². The summed E-state index contributed by atoms with van der Waals surface area (Å²) in [6, 6.07) is 8.28. The number of likely N-dealkylation sites (tertiary alicyclic amines) is 1. The van der Waals surface area contributed by atoms with E-state index in [9.17, 15) is 5.11 Å². The van der Waals surface area contributed by atoms with Gasteiger partial charge in [0.25, 0.3) is 0 Å². The van der Waals surface area contributed by atoms with Gasteiger partial charge in [0.05, 0.1) is 0 Å². The zero-order valence-electron chi connectivity index (χ0n) is 10.2. The maximum atomic E-state index is 9.75. The summed E-state index contributed by atoms with van der Waals surface area (Å²) in [7, 11) is 0. The maximum Gasteiger partial charge on any atom is 0.120 e. The van der Waals surface area contributed by atoms with Crippen LogP contribution in [0.2, 0.25) is 0 Å². The molecule has 16 heavy (non-hydrogen) atoms. The molecule has 2 nitrogen and oxygen atoms in total. The number of phenols is 1. The van der Waals surface area contributed by atoms with Gasteiger partial charge in [-0.2, -0.15) is 0 Å². The number of benzene rings is 1. The third-order valence-electron chi connectivity index (χ3n) is 3.64. The lowest BCUT2D eigenvalue weighted by Crippen LogP contribution is -2.39. The molecule has 1 fully saturated rings. The second-order valence-electron chi connectivity index (χ2n) is 5.08. The third kappa shape index (κ3) is 2.56. The van der Waals surface area contributed by atoms with Crippen molar-refractivity contribution in [1.29, 1.82) is 0 Å². The van der Waals surface area contributed by atoms with Crippen molar-refractivity contribution in [2.45, 2.75) is 39.3 Å². The lowest BCUT2D eigenvalue weighted by Gasteiger charge is -2.36. The van der Waals surface area contributed by atoms with Crippen LogP contribution in [0.3, 0.4) is 0 Å². The number of rotatable bonds is 2. The number of nitrogens with zero attached hydrogens (tertiary/aromatic N) is 1. The van der Waals surface area contributed by atoms with Crippen LogP contribution in [-0.4, -0.2) is 22.6 Å². The highest BCUT2D eigenvalue weighted by molar-refractivity contribution is 5.31. The van der Waals surface area contributed by atoms with Crippen molar-refractivity contribution in [2.75, 3.05) is 6.54 Å². The Kier molecular flexibility index (Phi) is 3.49. The van der Waals surface area contributed by atoms with Crippen LogP contribution in [0.5, 0.6) is 5.75 Å². The summed E-state index contributed by atoms with van der Waals surface area (Å²) in [6.45, 7) is 6.64. The molecule has 0 bridgehead atoms. The molecule has 0 aliphatic carbocycles. The molecule has 1 aliphatic heterocycles. The average Bonchev–Trinajstić information content (AvgIpc) is 2.25. The second kappa shape index (κ2) is 4.88. The van der Waals surface area contributed by atoms with Crippen LogP contribution in [0.1, 0.15) is 32.3 Å². The molecule has 88 valence electrons. The van der Waals surface area contributed by atoms with Gasteiger partial charge in [-0.3, -0.25) is 4.90 Å². The van der Waals surface area contributed by atoms with Gasteiger partial charge in [-0.05, 0) is 38.3 Å². The molecule has 0 aromatic heterocycles. The van der Waals surface area contributed by atoms with Crippen LogP contribution < -0.4 is 0 Å². The molecular formula is C14H21NO. The van der Waals surface area contributed by atoms with Gasteiger partial charge in [0.15, 0.2) is 0 Å². The first-order chi connectivity index (χ1) is 7.66. The normalized spacial score (nSPS) is 26.9. The van der Waals surface area contributed by atoms with Crippen LogP contribution in [0.4, 0.5) is 0 Å². The minimum atomic E-state index is 0.424. The number of para-hydroxylation sites is 1. The van der Waals surface area contributed by atoms with Crippen molar-refractivity contribution in [3.63, 3.8) is 0 Å². The molecule has 1 N–H and O–H groups in total. The van der Waals surface area contributed by atoms with Gasteiger partial charge in [-0.25, -0.2) is 0 Å². The van der Waals surface area contributed by atoms with Crippen molar-refractivity contribution in [3.8, 4) is 5.75 Å². The van der Waals surface area contributed by atoms with Crippen molar-refractivity contribution >= 4 is 0 Å². The maximum absolute atomic E-state index is 9.75. The Morgan fingerprint density at radius 2 is 2.06 bits per heavy atom. The van der Waals surface area contributed by atoms with Crippen LogP contribution in [0.15, 0.2) is 24.3 Å². The fraction of sp³-hybridized carbons (Fsp3) is 0.571. The first kappa shape index (κ1) is 11.5. The largest absolute Gasteiger partial charge is 0.508 e. The zero-order valence-corrected chi connectivity index (χ0v) is 10.2. The number of phenolic OH excluding ortho intramolecular Hbond substituents is 1. The van der Waals surface area contributed by atoms with Crippen molar-refractivity contribution < 1.29 is 5.11 Å². The molecule has 2 rings (SSSR count). The van der Waals surface area contributed by atoms with Gasteiger partial charge < -0.3 is 5.11 Å². The van der Waals surface area contributed by atoms with E-state index in [0.29, 0.717) is 11.8 Å². The van der Waals surface area contributed by atoms with Crippen molar-refractivity contribution in [3.05, 3.63) is 29.8 Å². The fourth-order valence-corrected chi connectivity index (χ4v) is 2.55. The Morgan fingerprint density at radius 3 is 2.75 bits per heavy atom. The third-order valence-corrected chi connectivity index (χ3v) is 3.64. The molecule has 2 unspecified atom stereocenters. The lowest BCUT2D eigenvalue weighted by atomic mass is 9.93. The van der Waals surface area contributed by atoms with E-state index in [-0.39, 0.29) is 0 Å². The average molecular weight is 219 g/mol. The minimum absolute atomic E-state index is 0.424. The summed E-state index contributed by atoms with van der Waals surface area (Å²) in [5.74, 6) is 1.27. The molecule has 0 saturated carbocycles. The monoisotopic (exact) mass is 219 g/mol. The lowest BCUT2D eigenvalue weighted by molar-refractivity contribution is 0.121. The summed E-state index contributed by atoms with van der Waals surface area (Å²) in [5.41, 5.74) is 1.05. The quantitative estimate of drug-likeness (QED) is 0.826. The topological polar surface area (TPSA) is 23.5 Å². The van der Waals surface area contributed by atoms with Gasteiger partial charge in [-0.1, -0.05) is 25.1 Å². The van der Waals surface area contributed by atoms with Crippen LogP contribution in [-0.2, 0) is 6.54 Å². The van der Waals surface area contributed by atoms with E-state index in [1.807, 2.05) is 18.2 Å². The van der Waals surface area contributed by atoms with Crippen LogP contribution >= 0.6 is 0 Å². The van der Waals surface area contributed by atoms with Gasteiger partial charge in [0.2, 0.25) is 0 Å². The Balaban J connectivity index is 2.02. The molecule has 0 spiro atoms. The molecule has 1 heterocycles. The smallest absolute Gasteiger partial charge is 0.120 e. The molecule has 2 heteroatoms. The highest BCUT2D eigenvalue weighted by atomic mass is 16.3. The molecule has 1 aliphatic rings. The van der Waals surface area contributed by atoms with E-state index in [1.165, 1.54) is 12.8 Å². The Morgan fingerprint density at radius 1 is 1.31 bits per heavy atom. The van der Waals surface area contributed by atoms with E-state index in [2.05, 4.69) is 18.7 Å². The Hall–Kier alpha value is -1.02. The first-order valence-corrected chi connectivity index (χ1v) is 6.17. The highest BCUT2D eigenvalue weighted by Crippen LogP contribution is 2.26. The predicted octanol–water partition coefficient (Wildman–Crippen LogP) is 3.01. The summed E-state index contributed by atoms with van der Waals surface area (Å²) in [4.78, 5) is 2.47. The van der Waals surface area contributed by atoms with Crippen molar-refractivity contribution in [1.82, 2.24) is 4.90 Å². The Bertz CT molecular complexity index is 350. The van der Waals surface area contributed by atoms with Gasteiger partial charge in [0.1, 0.15) is 5.75 Å². The van der Waals surface area contributed by atoms with Crippen molar-refractivity contribution in [2.24, 2.45) is 5.92 Å². The molecule has 0 radical (unpaired) electrons. The fourth-order valence-electron chi connectivity index (χ4n) is 2.55. The summed E-state index contributed by atoms with van der Waals surface area (Å²) >= 11 is 0. The second-order valence-corrected chi connectivity index (χ2v) is 5.08. The number of hydrogen-bond donors (Lipinski definition) is 1. The van der Waals surface area contributed by atoms with E-state index in [4.69, 9.17) is 0 Å². The molecule has 2 atom stereocenters. The molecule has 1 saturated heterocycles. The van der Waals surface area contributed by atoms with E-state index in [1.54, 1.807) is 6.07 Å². The highest BCUT2D eigenvalue weighted by Gasteiger charge is 2.23. The van der Waals surface area contributed by atoms with Crippen LogP contribution in [0.25, 0.3) is 0 Å². The van der Waals surface area contributed by atoms with E-state index in [0.717, 1.165) is 24.6 Å². The van der Waals surface area contributed by atoms with E-state index < -0.39 is 0 Å². The summed E-state index contributed by atoms with van der Waals surface area (Å²) < 4.78 is 0. The number of aromatic hydroxyl groups is 1. The molecule has 1 aromatic rings. The molecular weight excluding hydrogens is 198 g/mol. The van der Waals surface area contributed by atoms with Gasteiger partial charge in [0, 0.05) is 18.2 Å². The molecule has 0 amide bonds. The van der Waals surface area contributed by atoms with E-state index >= 15 is 0 Å². The minimum Gasteiger partial charge on any atom is -0.508 e. The first-order valence-electron chi connectivity index (χ1n) is 6.17. The molecule has 1 aromatic carbocycles. The van der Waals surface area contributed by atoms with Gasteiger partial charge >= 0.3 is 0 Å². The van der Waals surface area contributed by atoms with Crippen LogP contribution in [0, 0.1) is 5.92 Å².